The van der Waals surface area contributed by atoms with E-state index in [1.54, 1.807) is 0 Å². The average molecular weight is 1350 g/mol. The minimum absolute atomic E-state index is 0.0841. The second kappa shape index (κ2) is 63.3. The molecule has 0 aromatic carbocycles. The lowest BCUT2D eigenvalue weighted by Crippen LogP contribution is -2.30. The number of carbonyl (C=O) groups is 4. The molecule has 542 valence electrons. The number of phosphoric ester groups is 2. The monoisotopic (exact) mass is 1350 g/mol. The molecule has 3 N–H and O–H groups in total. The van der Waals surface area contributed by atoms with Crippen molar-refractivity contribution < 1.29 is 80.2 Å². The number of unbranched alkanes of at least 4 members (excludes halogenated alkanes) is 33. The first-order valence-electron chi connectivity index (χ1n) is 37.2. The maximum absolute atomic E-state index is 13.0. The number of ether oxygens (including phenoxy) is 4. The number of rotatable bonds is 69. The number of aliphatic hydroxyl groups is 1. The van der Waals surface area contributed by atoms with Crippen LogP contribution in [0.5, 0.6) is 0 Å². The van der Waals surface area contributed by atoms with Crippen molar-refractivity contribution in [2.75, 3.05) is 39.6 Å². The maximum Gasteiger partial charge on any atom is 0.472 e. The summed E-state index contributed by atoms with van der Waals surface area (Å²) in [4.78, 5) is 72.6. The molecular formula is C73H138O17P2. The first-order chi connectivity index (χ1) is 44.3. The highest BCUT2D eigenvalue weighted by Gasteiger charge is 2.30. The van der Waals surface area contributed by atoms with Gasteiger partial charge in [0, 0.05) is 25.7 Å². The highest BCUT2D eigenvalue weighted by molar-refractivity contribution is 7.47. The molecule has 0 aliphatic carbocycles. The summed E-state index contributed by atoms with van der Waals surface area (Å²) in [5.41, 5.74) is 0. The Balaban J connectivity index is 5.28. The van der Waals surface area contributed by atoms with E-state index in [9.17, 15) is 43.2 Å². The molecular weight excluding hydrogens is 1210 g/mol. The number of allylic oxidation sites excluding steroid dienone is 4. The number of aliphatic hydroxyl groups excluding tert-OH is 1. The summed E-state index contributed by atoms with van der Waals surface area (Å²) in [6, 6.07) is 0. The number of esters is 4. The Morgan fingerprint density at radius 3 is 0.967 bits per heavy atom. The second-order valence-electron chi connectivity index (χ2n) is 26.8. The predicted molar refractivity (Wildman–Crippen MR) is 372 cm³/mol. The zero-order valence-electron chi connectivity index (χ0n) is 59.5. The molecule has 0 radical (unpaired) electrons. The standard InChI is InChI=1S/C73H138O17P2/c1-8-10-11-12-13-14-15-16-17-20-23-26-33-42-49-56-72(77)89-68(60-83-70(75)54-47-40-32-29-28-31-39-46-53-66(7)9-2)62-87-91(79,80)85-58-67(74)59-86-92(81,82)88-63-69(61-84-71(76)55-48-41-36-35-38-45-52-65(5)6)90-73(78)57-50-43-34-27-24-21-18-19-22-25-30-37-44-51-64(3)4/h14-17,64-69,74H,8-13,18-63H2,1-7H3,(H,79,80)(H,81,82)/b15-14-,17-16-/t66?,67-,68-,69-/m1/s1. The summed E-state index contributed by atoms with van der Waals surface area (Å²) in [5.74, 6) is 0.0822. The zero-order valence-corrected chi connectivity index (χ0v) is 61.3. The van der Waals surface area contributed by atoms with Crippen LogP contribution in [0.4, 0.5) is 0 Å². The smallest absolute Gasteiger partial charge is 0.462 e. The first-order valence-corrected chi connectivity index (χ1v) is 40.2. The fraction of sp³-hybridized carbons (Fsp3) is 0.890. The Hall–Kier alpha value is -2.46. The molecule has 0 saturated heterocycles. The molecule has 17 nitrogen and oxygen atoms in total. The molecule has 0 bridgehead atoms. The molecule has 0 aliphatic heterocycles. The summed E-state index contributed by atoms with van der Waals surface area (Å²) >= 11 is 0. The van der Waals surface area contributed by atoms with Gasteiger partial charge in [-0.05, 0) is 69.1 Å². The van der Waals surface area contributed by atoms with Gasteiger partial charge in [-0.25, -0.2) is 9.13 Å². The van der Waals surface area contributed by atoms with E-state index in [0.717, 1.165) is 121 Å². The van der Waals surface area contributed by atoms with E-state index in [1.165, 1.54) is 135 Å². The SMILES string of the molecule is CCCCCC/C=C\C=C/CCCCCCCC(=O)O[C@H](COC(=O)CCCCCCCCCCC(C)CC)COP(=O)(O)OC[C@@H](O)COP(=O)(O)OC[C@@H](COC(=O)CCCCCCCCC(C)C)OC(=O)CCCCCCCCCCCCCCCC(C)C. The number of hydrogen-bond donors (Lipinski definition) is 3. The Labute approximate surface area is 561 Å². The summed E-state index contributed by atoms with van der Waals surface area (Å²) < 4.78 is 68.3. The van der Waals surface area contributed by atoms with Gasteiger partial charge in [0.1, 0.15) is 19.3 Å². The van der Waals surface area contributed by atoms with Crippen molar-refractivity contribution in [3.63, 3.8) is 0 Å². The van der Waals surface area contributed by atoms with Crippen molar-refractivity contribution in [2.45, 2.75) is 362 Å². The van der Waals surface area contributed by atoms with E-state index in [1.807, 2.05) is 0 Å². The van der Waals surface area contributed by atoms with Crippen LogP contribution < -0.4 is 0 Å². The van der Waals surface area contributed by atoms with Crippen LogP contribution >= 0.6 is 15.6 Å². The number of carbonyl (C=O) groups excluding carboxylic acids is 4. The molecule has 0 aliphatic rings. The third kappa shape index (κ3) is 64.9. The van der Waals surface area contributed by atoms with Crippen LogP contribution in [0.3, 0.4) is 0 Å². The summed E-state index contributed by atoms with van der Waals surface area (Å²) in [7, 11) is -9.92. The molecule has 6 atom stereocenters. The van der Waals surface area contributed by atoms with Crippen LogP contribution in [-0.4, -0.2) is 96.7 Å². The van der Waals surface area contributed by atoms with Crippen LogP contribution in [0.15, 0.2) is 24.3 Å². The first kappa shape index (κ1) is 89.5. The van der Waals surface area contributed by atoms with Crippen LogP contribution in [0, 0.1) is 17.8 Å². The van der Waals surface area contributed by atoms with Gasteiger partial charge in [-0.15, -0.1) is 0 Å². The van der Waals surface area contributed by atoms with Crippen molar-refractivity contribution in [2.24, 2.45) is 17.8 Å². The summed E-state index contributed by atoms with van der Waals surface area (Å²) in [5, 5.41) is 10.6. The fourth-order valence-electron chi connectivity index (χ4n) is 10.5. The Kier molecular flexibility index (Phi) is 61.6. The van der Waals surface area contributed by atoms with Gasteiger partial charge in [-0.2, -0.15) is 0 Å². The van der Waals surface area contributed by atoms with Crippen molar-refractivity contribution in [3.8, 4) is 0 Å². The second-order valence-corrected chi connectivity index (χ2v) is 29.7. The normalized spacial score (nSPS) is 14.6. The fourth-order valence-corrected chi connectivity index (χ4v) is 12.1. The lowest BCUT2D eigenvalue weighted by molar-refractivity contribution is -0.161. The number of phosphoric acid groups is 2. The van der Waals surface area contributed by atoms with Crippen molar-refractivity contribution in [1.29, 1.82) is 0 Å². The molecule has 0 fully saturated rings. The topological polar surface area (TPSA) is 237 Å². The molecule has 0 rings (SSSR count). The van der Waals surface area contributed by atoms with Gasteiger partial charge in [-0.1, -0.05) is 291 Å². The van der Waals surface area contributed by atoms with E-state index < -0.39 is 97.5 Å². The van der Waals surface area contributed by atoms with Gasteiger partial charge < -0.3 is 33.8 Å². The van der Waals surface area contributed by atoms with E-state index >= 15 is 0 Å². The molecule has 0 aromatic rings. The summed E-state index contributed by atoms with van der Waals surface area (Å²) in [6.07, 6.45) is 50.8. The molecule has 19 heteroatoms. The highest BCUT2D eigenvalue weighted by atomic mass is 31.2. The highest BCUT2D eigenvalue weighted by Crippen LogP contribution is 2.45. The molecule has 92 heavy (non-hydrogen) atoms. The Morgan fingerprint density at radius 2 is 0.641 bits per heavy atom. The molecule has 0 heterocycles. The van der Waals surface area contributed by atoms with Gasteiger partial charge in [0.15, 0.2) is 12.2 Å². The quantitative estimate of drug-likeness (QED) is 0.0169. The van der Waals surface area contributed by atoms with Crippen molar-refractivity contribution >= 4 is 39.5 Å². The predicted octanol–water partition coefficient (Wildman–Crippen LogP) is 20.6. The van der Waals surface area contributed by atoms with E-state index in [4.69, 9.17) is 37.0 Å². The van der Waals surface area contributed by atoms with Gasteiger partial charge in [0.05, 0.1) is 26.4 Å². The van der Waals surface area contributed by atoms with Crippen LogP contribution in [0.2, 0.25) is 0 Å². The third-order valence-electron chi connectivity index (χ3n) is 16.6. The van der Waals surface area contributed by atoms with Gasteiger partial charge in [0.2, 0.25) is 0 Å². The third-order valence-corrected chi connectivity index (χ3v) is 18.5. The van der Waals surface area contributed by atoms with Crippen LogP contribution in [0.1, 0.15) is 344 Å². The Bertz CT molecular complexity index is 1900. The van der Waals surface area contributed by atoms with E-state index in [-0.39, 0.29) is 25.7 Å². The minimum Gasteiger partial charge on any atom is -0.462 e. The van der Waals surface area contributed by atoms with Gasteiger partial charge in [0.25, 0.3) is 0 Å². The van der Waals surface area contributed by atoms with E-state index in [2.05, 4.69) is 72.8 Å². The van der Waals surface area contributed by atoms with E-state index in [0.29, 0.717) is 31.6 Å². The molecule has 3 unspecified atom stereocenters. The molecule has 0 spiro atoms. The lowest BCUT2D eigenvalue weighted by atomic mass is 9.99. The largest absolute Gasteiger partial charge is 0.472 e. The minimum atomic E-state index is -4.96. The zero-order chi connectivity index (χ0) is 68.0. The summed E-state index contributed by atoms with van der Waals surface area (Å²) in [6.45, 7) is 11.7. The van der Waals surface area contributed by atoms with Crippen LogP contribution in [0.25, 0.3) is 0 Å². The van der Waals surface area contributed by atoms with Gasteiger partial charge in [-0.3, -0.25) is 37.3 Å². The molecule has 0 saturated carbocycles. The van der Waals surface area contributed by atoms with Crippen molar-refractivity contribution in [1.82, 2.24) is 0 Å². The molecule has 0 aromatic heterocycles. The van der Waals surface area contributed by atoms with Crippen LogP contribution in [-0.2, 0) is 65.4 Å². The maximum atomic E-state index is 13.0. The van der Waals surface area contributed by atoms with Gasteiger partial charge >= 0.3 is 39.5 Å². The lowest BCUT2D eigenvalue weighted by Gasteiger charge is -2.21. The number of hydrogen-bond acceptors (Lipinski definition) is 15. The molecule has 0 amide bonds. The Morgan fingerprint density at radius 1 is 0.359 bits per heavy atom. The average Bonchev–Trinajstić information content (AvgIpc) is 2.16. The van der Waals surface area contributed by atoms with Crippen molar-refractivity contribution in [3.05, 3.63) is 24.3 Å².